The number of carbonyl (C=O) groups excluding carboxylic acids is 5. The minimum absolute atomic E-state index is 0.0162. The molecule has 5 heterocycles. The second-order valence-corrected chi connectivity index (χ2v) is 21.1. The summed E-state index contributed by atoms with van der Waals surface area (Å²) in [6.07, 6.45) is 2.86. The Morgan fingerprint density at radius 2 is 1.80 bits per heavy atom. The van der Waals surface area contributed by atoms with E-state index in [1.807, 2.05) is 39.0 Å². The third-order valence-electron chi connectivity index (χ3n) is 13.5. The van der Waals surface area contributed by atoms with E-state index in [1.54, 1.807) is 53.3 Å². The highest BCUT2D eigenvalue weighted by molar-refractivity contribution is 5.96. The van der Waals surface area contributed by atoms with Crippen molar-refractivity contribution in [3.05, 3.63) is 71.5 Å². The number of phenolic OH excluding ortho intramolecular Hbond substituents is 1. The van der Waals surface area contributed by atoms with Crippen LogP contribution in [0.4, 0.5) is 4.79 Å². The van der Waals surface area contributed by atoms with Crippen molar-refractivity contribution in [2.45, 2.75) is 131 Å². The Hall–Kier alpha value is -6.00. The standard InChI is InChI=1S/C53H71N7O9/c1-12-59-43-18-17-34-27-39(43)40(46(59)38-15-13-20-54-44(38)32(4)67-11)28-53(8,9)30-68-50(65)41-16-14-21-60(56-41)49(64)42(25-33-23-36(34)26-37(61)24-33)55-47(62)45(31(2)3)57(10)48(63)35-19-22-58(29-35)51(66)69-52(5,6)7/h13,15,17-18,20,23-24,26-27,31-32,35,41-42,45,56,61H,12,14,16,19,21-22,25,28-30H2,1-11H3,(H,55,62)/t32-,35-,41-,42-,45-/m0/s1. The van der Waals surface area contributed by atoms with Crippen LogP contribution in [0.25, 0.3) is 33.3 Å². The lowest BCUT2D eigenvalue weighted by atomic mass is 9.84. The van der Waals surface area contributed by atoms with E-state index < -0.39 is 58.9 Å². The van der Waals surface area contributed by atoms with Gasteiger partial charge in [-0.15, -0.1) is 0 Å². The van der Waals surface area contributed by atoms with Gasteiger partial charge in [-0.1, -0.05) is 39.8 Å². The highest BCUT2D eigenvalue weighted by atomic mass is 16.6. The molecule has 3 aliphatic heterocycles. The van der Waals surface area contributed by atoms with E-state index in [1.165, 1.54) is 14.8 Å². The van der Waals surface area contributed by atoms with Gasteiger partial charge in [-0.3, -0.25) is 29.2 Å². The Labute approximate surface area is 406 Å². The number of amides is 4. The van der Waals surface area contributed by atoms with Crippen molar-refractivity contribution < 1.29 is 43.3 Å². The molecule has 0 unspecified atom stereocenters. The van der Waals surface area contributed by atoms with Crippen molar-refractivity contribution in [3.63, 3.8) is 0 Å². The van der Waals surface area contributed by atoms with Gasteiger partial charge >= 0.3 is 12.1 Å². The van der Waals surface area contributed by atoms with Gasteiger partial charge in [0.1, 0.15) is 29.5 Å². The maximum Gasteiger partial charge on any atom is 0.410 e. The topological polar surface area (TPSA) is 185 Å². The first-order valence-corrected chi connectivity index (χ1v) is 24.3. The zero-order valence-corrected chi connectivity index (χ0v) is 42.2. The van der Waals surface area contributed by atoms with Gasteiger partial charge < -0.3 is 39.0 Å². The van der Waals surface area contributed by atoms with Crippen LogP contribution in [0.3, 0.4) is 0 Å². The first-order chi connectivity index (χ1) is 32.6. The van der Waals surface area contributed by atoms with Gasteiger partial charge in [0.05, 0.1) is 30.0 Å². The molecule has 7 rings (SSSR count). The molecule has 16 nitrogen and oxygen atoms in total. The van der Waals surface area contributed by atoms with Gasteiger partial charge in [0, 0.05) is 74.8 Å². The molecule has 6 bridgehead atoms. The summed E-state index contributed by atoms with van der Waals surface area (Å²) >= 11 is 0. The van der Waals surface area contributed by atoms with Gasteiger partial charge in [-0.25, -0.2) is 10.2 Å². The molecule has 0 saturated carbocycles. The molecule has 5 atom stereocenters. The Kier molecular flexibility index (Phi) is 15.1. The van der Waals surface area contributed by atoms with Crippen molar-refractivity contribution in [1.29, 1.82) is 0 Å². The number of cyclic esters (lactones) is 1. The fourth-order valence-corrected chi connectivity index (χ4v) is 10.1. The number of nitrogens with one attached hydrogen (secondary N) is 2. The van der Waals surface area contributed by atoms with E-state index in [9.17, 15) is 29.1 Å². The average molecular weight is 950 g/mol. The minimum atomic E-state index is -1.18. The second kappa shape index (κ2) is 20.5. The number of hydrazine groups is 1. The van der Waals surface area contributed by atoms with Crippen LogP contribution >= 0.6 is 0 Å². The van der Waals surface area contributed by atoms with Crippen LogP contribution in [0.1, 0.15) is 105 Å². The Balaban J connectivity index is 1.28. The molecule has 2 aromatic heterocycles. The number of likely N-dealkylation sites (N-methyl/N-ethyl adjacent to an activating group) is 1. The predicted molar refractivity (Wildman–Crippen MR) is 263 cm³/mol. The number of fused-ring (bicyclic) bond motifs is 6. The van der Waals surface area contributed by atoms with Crippen molar-refractivity contribution in [3.8, 4) is 28.1 Å². The summed E-state index contributed by atoms with van der Waals surface area (Å²) in [6.45, 7) is 18.8. The summed E-state index contributed by atoms with van der Waals surface area (Å²) in [5.74, 6) is -2.73. The zero-order valence-electron chi connectivity index (χ0n) is 42.2. The lowest BCUT2D eigenvalue weighted by molar-refractivity contribution is -0.155. The molecule has 372 valence electrons. The van der Waals surface area contributed by atoms with Crippen LogP contribution in [0.2, 0.25) is 0 Å². The largest absolute Gasteiger partial charge is 0.508 e. The maximum atomic E-state index is 14.8. The lowest BCUT2D eigenvalue weighted by Crippen LogP contribution is -2.62. The molecule has 16 heteroatoms. The Bertz CT molecular complexity index is 2580. The summed E-state index contributed by atoms with van der Waals surface area (Å²) in [4.78, 5) is 78.0. The molecule has 69 heavy (non-hydrogen) atoms. The molecule has 0 radical (unpaired) electrons. The van der Waals surface area contributed by atoms with Crippen LogP contribution in [0.15, 0.2) is 54.7 Å². The molecule has 2 fully saturated rings. The number of carbonyl (C=O) groups is 5. The number of ether oxygens (including phenoxy) is 3. The highest BCUT2D eigenvalue weighted by Crippen LogP contribution is 2.42. The van der Waals surface area contributed by atoms with E-state index in [4.69, 9.17) is 19.2 Å². The number of pyridine rings is 1. The molecular weight excluding hydrogens is 879 g/mol. The maximum absolute atomic E-state index is 14.8. The van der Waals surface area contributed by atoms with E-state index >= 15 is 0 Å². The number of aromatic nitrogens is 2. The smallest absolute Gasteiger partial charge is 0.410 e. The summed E-state index contributed by atoms with van der Waals surface area (Å²) < 4.78 is 19.8. The quantitative estimate of drug-likeness (QED) is 0.144. The summed E-state index contributed by atoms with van der Waals surface area (Å²) in [5, 5.41) is 16.7. The van der Waals surface area contributed by atoms with E-state index in [0.29, 0.717) is 49.9 Å². The van der Waals surface area contributed by atoms with Gasteiger partial charge in [0.15, 0.2) is 0 Å². The molecular formula is C53H71N7O9. The first-order valence-electron chi connectivity index (χ1n) is 24.3. The number of hydrogen-bond donors (Lipinski definition) is 3. The third kappa shape index (κ3) is 11.2. The number of benzene rings is 2. The monoisotopic (exact) mass is 950 g/mol. The van der Waals surface area contributed by atoms with Crippen LogP contribution < -0.4 is 10.7 Å². The average Bonchev–Trinajstić information content (AvgIpc) is 3.92. The van der Waals surface area contributed by atoms with Gasteiger partial charge in [-0.2, -0.15) is 0 Å². The summed E-state index contributed by atoms with van der Waals surface area (Å²) in [7, 11) is 3.25. The lowest BCUT2D eigenvalue weighted by Gasteiger charge is -2.37. The summed E-state index contributed by atoms with van der Waals surface area (Å²) in [5.41, 5.74) is 8.81. The third-order valence-corrected chi connectivity index (χ3v) is 13.5. The van der Waals surface area contributed by atoms with E-state index in [-0.39, 0.29) is 49.8 Å². The van der Waals surface area contributed by atoms with Crippen molar-refractivity contribution in [2.75, 3.05) is 40.4 Å². The van der Waals surface area contributed by atoms with Gasteiger partial charge in [-0.05, 0) is 125 Å². The van der Waals surface area contributed by atoms with Crippen LogP contribution in [0, 0.1) is 17.3 Å². The molecule has 3 N–H and O–H groups in total. The predicted octanol–water partition coefficient (Wildman–Crippen LogP) is 7.19. The number of aromatic hydroxyl groups is 1. The number of likely N-dealkylation sites (tertiary alicyclic amines) is 1. The van der Waals surface area contributed by atoms with E-state index in [2.05, 4.69) is 54.3 Å². The fraction of sp³-hybridized carbons (Fsp3) is 0.547. The van der Waals surface area contributed by atoms with Gasteiger partial charge in [0.25, 0.3) is 5.91 Å². The minimum Gasteiger partial charge on any atom is -0.508 e. The number of nitrogens with zero attached hydrogens (tertiary/aromatic N) is 5. The number of esters is 1. The highest BCUT2D eigenvalue weighted by Gasteiger charge is 2.41. The number of rotatable bonds is 9. The van der Waals surface area contributed by atoms with Crippen LogP contribution in [-0.4, -0.2) is 123 Å². The number of methoxy groups -OCH3 is 1. The summed E-state index contributed by atoms with van der Waals surface area (Å²) in [6, 6.07) is 12.5. The molecule has 2 aromatic carbocycles. The molecule has 0 aliphatic carbocycles. The van der Waals surface area contributed by atoms with Crippen LogP contribution in [0.5, 0.6) is 5.75 Å². The fourth-order valence-electron chi connectivity index (χ4n) is 10.1. The van der Waals surface area contributed by atoms with Crippen molar-refractivity contribution >= 4 is 40.7 Å². The Morgan fingerprint density at radius 1 is 1.04 bits per heavy atom. The molecule has 0 spiro atoms. The number of aryl methyl sites for hydroxylation is 1. The second-order valence-electron chi connectivity index (χ2n) is 21.1. The SMILES string of the molecule is CCn1c(-c2cccnc2[C@H](C)OC)c2c3cc(ccc31)-c1cc(O)cc(c1)C[C@H](NC(=O)[C@H](C(C)C)N(C)C(=O)[C@H]1CCN(C(=O)OC(C)(C)C)C1)C(=O)N1CCC[C@H](N1)C(=O)OCC(C)(C)C2. The first kappa shape index (κ1) is 50.9. The number of hydrogen-bond acceptors (Lipinski definition) is 11. The molecule has 2 saturated heterocycles. The number of phenols is 1. The van der Waals surface area contributed by atoms with Crippen LogP contribution in [-0.2, 0) is 52.8 Å². The molecule has 4 aromatic rings. The van der Waals surface area contributed by atoms with Crippen molar-refractivity contribution in [2.24, 2.45) is 17.3 Å². The normalized spacial score (nSPS) is 20.8. The van der Waals surface area contributed by atoms with Crippen molar-refractivity contribution in [1.82, 2.24) is 35.1 Å². The Morgan fingerprint density at radius 3 is 2.49 bits per heavy atom. The molecule has 3 aliphatic rings. The molecule has 4 amide bonds. The van der Waals surface area contributed by atoms with E-state index in [0.717, 1.165) is 39.0 Å². The zero-order chi connectivity index (χ0) is 50.1. The van der Waals surface area contributed by atoms with Gasteiger partial charge in [0.2, 0.25) is 11.8 Å².